The molecule has 2 N–H and O–H groups in total. The number of fused-ring (bicyclic) bond motifs is 1. The molecule has 1 atom stereocenters. The molecule has 5 nitrogen and oxygen atoms in total. The van der Waals surface area contributed by atoms with Crippen LogP contribution in [0.3, 0.4) is 0 Å². The quantitative estimate of drug-likeness (QED) is 0.777. The minimum atomic E-state index is 0.0474. The second kappa shape index (κ2) is 6.45. The fraction of sp³-hybridized carbons (Fsp3) is 0.263. The Morgan fingerprint density at radius 2 is 2.12 bits per heavy atom. The first kappa shape index (κ1) is 14.9. The molecule has 5 heteroatoms. The summed E-state index contributed by atoms with van der Waals surface area (Å²) in [4.78, 5) is 22.1. The number of carbonyl (C=O) groups excluding carboxylic acids is 1. The van der Waals surface area contributed by atoms with E-state index < -0.39 is 0 Å². The van der Waals surface area contributed by atoms with Crippen molar-refractivity contribution in [2.45, 2.75) is 13.0 Å². The van der Waals surface area contributed by atoms with Gasteiger partial charge in [0.15, 0.2) is 0 Å². The van der Waals surface area contributed by atoms with E-state index in [4.69, 9.17) is 0 Å². The molecule has 1 aliphatic heterocycles. The van der Waals surface area contributed by atoms with Gasteiger partial charge in [0.2, 0.25) is 5.91 Å². The number of anilines is 1. The maximum atomic E-state index is 12.5. The van der Waals surface area contributed by atoms with Crippen LogP contribution in [0.5, 0.6) is 0 Å². The third-order valence-corrected chi connectivity index (χ3v) is 4.58. The van der Waals surface area contributed by atoms with Gasteiger partial charge in [0.05, 0.1) is 23.3 Å². The highest BCUT2D eigenvalue weighted by Gasteiger charge is 2.28. The lowest BCUT2D eigenvalue weighted by atomic mass is 10.1. The van der Waals surface area contributed by atoms with Crippen LogP contribution in [-0.2, 0) is 11.3 Å². The first-order chi connectivity index (χ1) is 11.8. The van der Waals surface area contributed by atoms with Crippen molar-refractivity contribution in [2.75, 3.05) is 18.4 Å². The van der Waals surface area contributed by atoms with Crippen molar-refractivity contribution in [3.05, 3.63) is 60.4 Å². The predicted octanol–water partition coefficient (Wildman–Crippen LogP) is 3.02. The van der Waals surface area contributed by atoms with Crippen molar-refractivity contribution in [1.82, 2.24) is 14.9 Å². The van der Waals surface area contributed by atoms with Crippen LogP contribution in [0.25, 0.3) is 11.0 Å². The van der Waals surface area contributed by atoms with Crippen LogP contribution < -0.4 is 5.32 Å². The SMILES string of the molecule is O=C(Nc1ccc2nc[nH]c2c1)C1CCN(Cc2ccccc2)C1. The highest BCUT2D eigenvalue weighted by molar-refractivity contribution is 5.94. The fourth-order valence-corrected chi connectivity index (χ4v) is 3.29. The highest BCUT2D eigenvalue weighted by atomic mass is 16.1. The summed E-state index contributed by atoms with van der Waals surface area (Å²) in [6.45, 7) is 2.68. The number of benzene rings is 2. The van der Waals surface area contributed by atoms with Gasteiger partial charge in [-0.15, -0.1) is 0 Å². The minimum absolute atomic E-state index is 0.0474. The lowest BCUT2D eigenvalue weighted by molar-refractivity contribution is -0.119. The number of carbonyl (C=O) groups is 1. The number of likely N-dealkylation sites (tertiary alicyclic amines) is 1. The number of imidazole rings is 1. The number of rotatable bonds is 4. The molecule has 0 spiro atoms. The number of nitrogens with one attached hydrogen (secondary N) is 2. The summed E-state index contributed by atoms with van der Waals surface area (Å²) < 4.78 is 0. The average Bonchev–Trinajstić information content (AvgIpc) is 3.24. The van der Waals surface area contributed by atoms with Gasteiger partial charge in [0, 0.05) is 18.8 Å². The van der Waals surface area contributed by atoms with Crippen molar-refractivity contribution < 1.29 is 4.79 Å². The second-order valence-electron chi connectivity index (χ2n) is 6.33. The Balaban J connectivity index is 1.36. The van der Waals surface area contributed by atoms with E-state index in [1.807, 2.05) is 24.3 Å². The van der Waals surface area contributed by atoms with Crippen molar-refractivity contribution in [3.63, 3.8) is 0 Å². The van der Waals surface area contributed by atoms with Crippen molar-refractivity contribution in [2.24, 2.45) is 5.92 Å². The van der Waals surface area contributed by atoms with E-state index in [2.05, 4.69) is 44.5 Å². The van der Waals surface area contributed by atoms with Gasteiger partial charge >= 0.3 is 0 Å². The molecule has 0 radical (unpaired) electrons. The summed E-state index contributed by atoms with van der Waals surface area (Å²) in [6, 6.07) is 16.1. The van der Waals surface area contributed by atoms with Gasteiger partial charge in [-0.2, -0.15) is 0 Å². The van der Waals surface area contributed by atoms with Crippen LogP contribution in [0.1, 0.15) is 12.0 Å². The van der Waals surface area contributed by atoms with Crippen molar-refractivity contribution >= 4 is 22.6 Å². The fourth-order valence-electron chi connectivity index (χ4n) is 3.29. The van der Waals surface area contributed by atoms with Gasteiger partial charge in [-0.05, 0) is 36.7 Å². The van der Waals surface area contributed by atoms with Crippen molar-refractivity contribution in [3.8, 4) is 0 Å². The maximum Gasteiger partial charge on any atom is 0.228 e. The molecule has 122 valence electrons. The van der Waals surface area contributed by atoms with Gasteiger partial charge in [-0.3, -0.25) is 9.69 Å². The Hall–Kier alpha value is -2.66. The van der Waals surface area contributed by atoms with Crippen LogP contribution in [0.15, 0.2) is 54.9 Å². The summed E-state index contributed by atoms with van der Waals surface area (Å²) in [7, 11) is 0. The smallest absolute Gasteiger partial charge is 0.228 e. The third kappa shape index (κ3) is 3.16. The van der Waals surface area contributed by atoms with E-state index in [0.717, 1.165) is 42.8 Å². The predicted molar refractivity (Wildman–Crippen MR) is 94.5 cm³/mol. The zero-order valence-corrected chi connectivity index (χ0v) is 13.4. The van der Waals surface area contributed by atoms with E-state index in [1.165, 1.54) is 5.56 Å². The number of nitrogens with zero attached hydrogens (tertiary/aromatic N) is 2. The summed E-state index contributed by atoms with van der Waals surface area (Å²) in [5, 5.41) is 3.04. The largest absolute Gasteiger partial charge is 0.345 e. The number of H-pyrrole nitrogens is 1. The Morgan fingerprint density at radius 3 is 3.00 bits per heavy atom. The van der Waals surface area contributed by atoms with Crippen molar-refractivity contribution in [1.29, 1.82) is 0 Å². The summed E-state index contributed by atoms with van der Waals surface area (Å²) in [6.07, 6.45) is 2.57. The molecule has 24 heavy (non-hydrogen) atoms. The Morgan fingerprint density at radius 1 is 1.25 bits per heavy atom. The number of aromatic nitrogens is 2. The molecule has 1 aromatic heterocycles. The first-order valence-corrected chi connectivity index (χ1v) is 8.28. The molecule has 1 aliphatic rings. The zero-order valence-electron chi connectivity index (χ0n) is 13.4. The normalized spacial score (nSPS) is 18.1. The molecule has 2 heterocycles. The second-order valence-corrected chi connectivity index (χ2v) is 6.33. The van der Waals surface area contributed by atoms with Crippen LogP contribution in [0.2, 0.25) is 0 Å². The van der Waals surface area contributed by atoms with E-state index in [-0.39, 0.29) is 11.8 Å². The first-order valence-electron chi connectivity index (χ1n) is 8.28. The zero-order chi connectivity index (χ0) is 16.4. The molecule has 0 aliphatic carbocycles. The van der Waals surface area contributed by atoms with E-state index in [0.29, 0.717) is 0 Å². The van der Waals surface area contributed by atoms with E-state index in [1.54, 1.807) is 6.33 Å². The van der Waals surface area contributed by atoms with Crippen LogP contribution in [0, 0.1) is 5.92 Å². The lowest BCUT2D eigenvalue weighted by Crippen LogP contribution is -2.26. The molecule has 1 unspecified atom stereocenters. The van der Waals surface area contributed by atoms with E-state index >= 15 is 0 Å². The summed E-state index contributed by atoms with van der Waals surface area (Å²) in [5.41, 5.74) is 3.95. The summed E-state index contributed by atoms with van der Waals surface area (Å²) >= 11 is 0. The Bertz CT molecular complexity index is 843. The summed E-state index contributed by atoms with van der Waals surface area (Å²) in [5.74, 6) is 0.149. The molecule has 1 amide bonds. The maximum absolute atomic E-state index is 12.5. The molecular weight excluding hydrogens is 300 g/mol. The van der Waals surface area contributed by atoms with Crippen LogP contribution >= 0.6 is 0 Å². The number of amides is 1. The monoisotopic (exact) mass is 320 g/mol. The Labute approximate surface area is 140 Å². The average molecular weight is 320 g/mol. The van der Waals surface area contributed by atoms with Gasteiger partial charge < -0.3 is 10.3 Å². The van der Waals surface area contributed by atoms with Gasteiger partial charge in [0.1, 0.15) is 0 Å². The Kier molecular flexibility index (Phi) is 4.01. The topological polar surface area (TPSA) is 61.0 Å². The number of aromatic amines is 1. The standard InChI is InChI=1S/C19H20N4O/c24-19(22-16-6-7-17-18(10-16)21-13-20-17)15-8-9-23(12-15)11-14-4-2-1-3-5-14/h1-7,10,13,15H,8-9,11-12H2,(H,20,21)(H,22,24). The minimum Gasteiger partial charge on any atom is -0.345 e. The molecule has 2 aromatic carbocycles. The molecule has 4 rings (SSSR count). The lowest BCUT2D eigenvalue weighted by Gasteiger charge is -2.16. The number of hydrogen-bond acceptors (Lipinski definition) is 3. The van der Waals surface area contributed by atoms with Gasteiger partial charge in [0.25, 0.3) is 0 Å². The van der Waals surface area contributed by atoms with Gasteiger partial charge in [-0.25, -0.2) is 4.98 Å². The molecule has 0 saturated carbocycles. The molecule has 0 bridgehead atoms. The van der Waals surface area contributed by atoms with Crippen LogP contribution in [0.4, 0.5) is 5.69 Å². The van der Waals surface area contributed by atoms with Crippen LogP contribution in [-0.4, -0.2) is 33.9 Å². The molecular formula is C19H20N4O. The highest BCUT2D eigenvalue weighted by Crippen LogP contribution is 2.22. The molecule has 3 aromatic rings. The van der Waals surface area contributed by atoms with E-state index in [9.17, 15) is 4.79 Å². The van der Waals surface area contributed by atoms with Gasteiger partial charge in [-0.1, -0.05) is 30.3 Å². The number of hydrogen-bond donors (Lipinski definition) is 2. The molecule has 1 fully saturated rings. The molecule has 1 saturated heterocycles. The third-order valence-electron chi connectivity index (χ3n) is 4.58.